The predicted octanol–water partition coefficient (Wildman–Crippen LogP) is 22.5. The number of carboxylic acid groups (broad SMARTS) is 1. The summed E-state index contributed by atoms with van der Waals surface area (Å²) in [4.78, 5) is 37.6. The maximum Gasteiger partial charge on any atom is 0.361 e. The van der Waals surface area contributed by atoms with Gasteiger partial charge in [0.2, 0.25) is 0 Å². The second kappa shape index (κ2) is 68.8. The SMILES string of the molecule is CC/C=C\C/C=C\C/C=C\C/C=C\C/C=C\C/C=C\C/C=C\C/C=C\C/C=C\C/C=C\CCCCCCCCCCC(=O)OC(COC(=O)CCCCCCCCCCCC/C=C\C/C=C\C/C=C\CCCCCCC)COC(OCC[N+](C)(C)C)C(=O)O. The van der Waals surface area contributed by atoms with E-state index in [-0.39, 0.29) is 38.6 Å². The first-order valence-electron chi connectivity index (χ1n) is 35.6. The highest BCUT2D eigenvalue weighted by Crippen LogP contribution is 2.16. The molecule has 2 atom stereocenters. The molecule has 0 aromatic heterocycles. The van der Waals surface area contributed by atoms with Gasteiger partial charge in [0, 0.05) is 12.8 Å². The number of ether oxygens (including phenoxy) is 4. The van der Waals surface area contributed by atoms with Crippen molar-refractivity contribution >= 4 is 17.9 Å². The van der Waals surface area contributed by atoms with Gasteiger partial charge in [0.05, 0.1) is 34.4 Å². The molecule has 0 saturated carbocycles. The third-order valence-corrected chi connectivity index (χ3v) is 14.8. The Morgan fingerprint density at radius 1 is 0.348 bits per heavy atom. The summed E-state index contributed by atoms with van der Waals surface area (Å²) < 4.78 is 23.0. The Kier molecular flexibility index (Phi) is 64.9. The second-order valence-electron chi connectivity index (χ2n) is 24.5. The molecule has 0 rings (SSSR count). The fourth-order valence-corrected chi connectivity index (χ4v) is 9.34. The zero-order valence-corrected chi connectivity index (χ0v) is 57.5. The lowest BCUT2D eigenvalue weighted by molar-refractivity contribution is -0.870. The van der Waals surface area contributed by atoms with Crippen LogP contribution in [0.3, 0.4) is 0 Å². The minimum atomic E-state index is -1.52. The summed E-state index contributed by atoms with van der Waals surface area (Å²) in [6.45, 7) is 4.73. The topological polar surface area (TPSA) is 108 Å². The number of unbranched alkanes of at least 4 members (excludes halogenated alkanes) is 23. The largest absolute Gasteiger partial charge is 0.477 e. The highest BCUT2D eigenvalue weighted by atomic mass is 16.7. The monoisotopic (exact) mass is 1230 g/mol. The van der Waals surface area contributed by atoms with E-state index < -0.39 is 24.3 Å². The van der Waals surface area contributed by atoms with Crippen LogP contribution < -0.4 is 0 Å². The molecular weight excluding hydrogens is 1100 g/mol. The number of nitrogens with zero attached hydrogens (tertiary/aromatic N) is 1. The van der Waals surface area contributed by atoms with E-state index in [2.05, 4.69) is 172 Å². The molecular formula is C80H132NO8+. The fourth-order valence-electron chi connectivity index (χ4n) is 9.34. The van der Waals surface area contributed by atoms with Gasteiger partial charge in [-0.1, -0.05) is 287 Å². The van der Waals surface area contributed by atoms with E-state index >= 15 is 0 Å². The molecule has 0 heterocycles. The van der Waals surface area contributed by atoms with Crippen molar-refractivity contribution in [2.24, 2.45) is 0 Å². The van der Waals surface area contributed by atoms with Crippen LogP contribution in [0, 0.1) is 0 Å². The van der Waals surface area contributed by atoms with Crippen LogP contribution in [0.5, 0.6) is 0 Å². The van der Waals surface area contributed by atoms with Crippen molar-refractivity contribution in [3.8, 4) is 0 Å². The third-order valence-electron chi connectivity index (χ3n) is 14.8. The molecule has 89 heavy (non-hydrogen) atoms. The number of hydrogen-bond acceptors (Lipinski definition) is 7. The second-order valence-corrected chi connectivity index (χ2v) is 24.5. The molecule has 0 amide bonds. The van der Waals surface area contributed by atoms with Crippen LogP contribution in [-0.4, -0.2) is 87.4 Å². The smallest absolute Gasteiger partial charge is 0.361 e. The molecule has 0 bridgehead atoms. The molecule has 9 heteroatoms. The Hall–Kier alpha value is -5.09. The summed E-state index contributed by atoms with van der Waals surface area (Å²) in [7, 11) is 5.96. The van der Waals surface area contributed by atoms with Gasteiger partial charge in [-0.15, -0.1) is 0 Å². The number of aliphatic carboxylic acids is 1. The molecule has 0 aromatic carbocycles. The van der Waals surface area contributed by atoms with E-state index in [1.807, 2.05) is 21.1 Å². The minimum Gasteiger partial charge on any atom is -0.477 e. The van der Waals surface area contributed by atoms with E-state index in [1.54, 1.807) is 0 Å². The molecule has 0 aliphatic carbocycles. The van der Waals surface area contributed by atoms with Gasteiger partial charge in [-0.05, 0) is 128 Å². The number of carboxylic acids is 1. The Balaban J connectivity index is 4.20. The molecule has 0 aromatic rings. The zero-order chi connectivity index (χ0) is 64.7. The summed E-state index contributed by atoms with van der Waals surface area (Å²) in [5, 5.41) is 9.75. The van der Waals surface area contributed by atoms with Crippen LogP contribution in [0.2, 0.25) is 0 Å². The highest BCUT2D eigenvalue weighted by Gasteiger charge is 2.25. The van der Waals surface area contributed by atoms with Crippen LogP contribution in [0.1, 0.15) is 271 Å². The Morgan fingerprint density at radius 2 is 0.640 bits per heavy atom. The van der Waals surface area contributed by atoms with Crippen molar-refractivity contribution < 1.29 is 42.9 Å². The van der Waals surface area contributed by atoms with Gasteiger partial charge in [0.15, 0.2) is 6.10 Å². The first kappa shape index (κ1) is 83.9. The van der Waals surface area contributed by atoms with E-state index in [9.17, 15) is 19.5 Å². The molecule has 0 radical (unpaired) electrons. The number of quaternary nitrogens is 1. The van der Waals surface area contributed by atoms with Crippen LogP contribution in [0.25, 0.3) is 0 Å². The lowest BCUT2D eigenvalue weighted by Crippen LogP contribution is -2.40. The lowest BCUT2D eigenvalue weighted by atomic mass is 10.1. The molecule has 0 saturated heterocycles. The Morgan fingerprint density at radius 3 is 0.955 bits per heavy atom. The standard InChI is InChI=1S/C80H131NO8/c1-6-8-10-12-14-16-18-20-22-24-26-28-30-32-33-34-35-36-37-38-39-40-41-42-43-44-45-47-49-51-53-55-57-59-61-63-65-67-69-71-78(83)89-76(75-88-80(79(84)85)86-73-72-81(3,4)5)74-87-77(82)70-68-66-64-62-60-58-56-54-52-50-48-46-31-29-27-25-23-21-19-17-15-13-11-9-7-2/h8,10,14,16,19-22,25-28,31-33,35-36,38-39,41-42,44-46,49,51,76,80H,6-7,9,11-13,15,17-18,23-24,29-30,34,37,40,43,47-48,50,52-75H2,1-5H3/p+1/b10-8-,16-14-,21-19-,22-20-,27-25-,28-26-,33-32-,36-35-,39-38-,42-41-,45-44-,46-31-,51-49-. The summed E-state index contributed by atoms with van der Waals surface area (Å²) in [5.74, 6) is -2.03. The van der Waals surface area contributed by atoms with Gasteiger partial charge in [0.25, 0.3) is 6.29 Å². The molecule has 2 unspecified atom stereocenters. The molecule has 504 valence electrons. The average Bonchev–Trinajstić information content (AvgIpc) is 3.64. The number of carbonyl (C=O) groups excluding carboxylic acids is 2. The predicted molar refractivity (Wildman–Crippen MR) is 382 cm³/mol. The number of hydrogen-bond donors (Lipinski definition) is 1. The van der Waals surface area contributed by atoms with Gasteiger partial charge in [-0.2, -0.15) is 0 Å². The quantitative estimate of drug-likeness (QED) is 0.0211. The molecule has 0 aliphatic rings. The van der Waals surface area contributed by atoms with E-state index in [1.165, 1.54) is 116 Å². The lowest BCUT2D eigenvalue weighted by Gasteiger charge is -2.25. The van der Waals surface area contributed by atoms with Crippen molar-refractivity contribution in [1.29, 1.82) is 0 Å². The number of likely N-dealkylation sites (N-methyl/N-ethyl adjacent to an activating group) is 1. The first-order chi connectivity index (χ1) is 43.6. The normalized spacial score (nSPS) is 13.7. The summed E-state index contributed by atoms with van der Waals surface area (Å²) in [6.07, 6.45) is 99.2. The molecule has 0 spiro atoms. The van der Waals surface area contributed by atoms with Crippen molar-refractivity contribution in [1.82, 2.24) is 0 Å². The van der Waals surface area contributed by atoms with E-state index in [0.717, 1.165) is 122 Å². The van der Waals surface area contributed by atoms with Crippen LogP contribution in [0.4, 0.5) is 0 Å². The van der Waals surface area contributed by atoms with Crippen molar-refractivity contribution in [2.75, 3.05) is 47.5 Å². The van der Waals surface area contributed by atoms with Crippen LogP contribution in [0.15, 0.2) is 158 Å². The van der Waals surface area contributed by atoms with Crippen LogP contribution >= 0.6 is 0 Å². The maximum absolute atomic E-state index is 13.0. The van der Waals surface area contributed by atoms with Gasteiger partial charge in [-0.25, -0.2) is 4.79 Å². The molecule has 1 N–H and O–H groups in total. The summed E-state index contributed by atoms with van der Waals surface area (Å²) >= 11 is 0. The highest BCUT2D eigenvalue weighted by molar-refractivity contribution is 5.71. The Labute approximate surface area is 546 Å². The van der Waals surface area contributed by atoms with Gasteiger partial charge < -0.3 is 28.5 Å². The van der Waals surface area contributed by atoms with Gasteiger partial charge >= 0.3 is 17.9 Å². The zero-order valence-electron chi connectivity index (χ0n) is 57.5. The van der Waals surface area contributed by atoms with Crippen molar-refractivity contribution in [3.05, 3.63) is 158 Å². The number of rotatable bonds is 64. The first-order valence-corrected chi connectivity index (χ1v) is 35.6. The molecule has 0 fully saturated rings. The minimum absolute atomic E-state index is 0.177. The average molecular weight is 1240 g/mol. The number of allylic oxidation sites excluding steroid dienone is 26. The number of esters is 2. The summed E-state index contributed by atoms with van der Waals surface area (Å²) in [6, 6.07) is 0. The maximum atomic E-state index is 13.0. The fraction of sp³-hybridized carbons (Fsp3) is 0.637. The number of carbonyl (C=O) groups is 3. The van der Waals surface area contributed by atoms with Crippen molar-refractivity contribution in [2.45, 2.75) is 283 Å². The van der Waals surface area contributed by atoms with Gasteiger partial charge in [-0.3, -0.25) is 9.59 Å². The third kappa shape index (κ3) is 70.2. The molecule has 9 nitrogen and oxygen atoms in total. The summed E-state index contributed by atoms with van der Waals surface area (Å²) in [5.41, 5.74) is 0. The van der Waals surface area contributed by atoms with Crippen LogP contribution in [-0.2, 0) is 33.3 Å². The van der Waals surface area contributed by atoms with Crippen molar-refractivity contribution in [3.63, 3.8) is 0 Å². The van der Waals surface area contributed by atoms with Gasteiger partial charge in [0.1, 0.15) is 13.2 Å². The van der Waals surface area contributed by atoms with E-state index in [0.29, 0.717) is 17.4 Å². The Bertz CT molecular complexity index is 2020. The van der Waals surface area contributed by atoms with E-state index in [4.69, 9.17) is 18.9 Å². The molecule has 0 aliphatic heterocycles.